The van der Waals surface area contributed by atoms with Gasteiger partial charge in [0.05, 0.1) is 5.88 Å². The molecule has 0 aromatic rings. The second-order valence-electron chi connectivity index (χ2n) is 2.17. The molecule has 0 aliphatic carbocycles. The fraction of sp³-hybridized carbons (Fsp3) is 0.857. The zero-order valence-electron chi connectivity index (χ0n) is 6.39. The van der Waals surface area contributed by atoms with Crippen LogP contribution in [0.5, 0.6) is 0 Å². The number of carbonyl (C=O) groups is 1. The van der Waals surface area contributed by atoms with Crippen LogP contribution >= 0.6 is 11.6 Å². The summed E-state index contributed by atoms with van der Waals surface area (Å²) in [6.45, 7) is 3.43. The van der Waals surface area contributed by atoms with Crippen molar-refractivity contribution in [2.24, 2.45) is 0 Å². The van der Waals surface area contributed by atoms with E-state index in [0.29, 0.717) is 5.88 Å². The van der Waals surface area contributed by atoms with Gasteiger partial charge in [-0.3, -0.25) is 4.79 Å². The highest BCUT2D eigenvalue weighted by Gasteiger charge is 2.07. The molecule has 0 aromatic carbocycles. The summed E-state index contributed by atoms with van der Waals surface area (Å²) in [5, 5.41) is 0. The van der Waals surface area contributed by atoms with Crippen molar-refractivity contribution in [2.45, 2.75) is 32.8 Å². The third-order valence-electron chi connectivity index (χ3n) is 1.12. The van der Waals surface area contributed by atoms with Crippen LogP contribution in [0.15, 0.2) is 0 Å². The van der Waals surface area contributed by atoms with Crippen LogP contribution < -0.4 is 0 Å². The van der Waals surface area contributed by atoms with E-state index in [4.69, 9.17) is 16.3 Å². The number of halogens is 1. The average molecular weight is 165 g/mol. The Morgan fingerprint density at radius 1 is 1.70 bits per heavy atom. The Hall–Kier alpha value is -0.240. The third kappa shape index (κ3) is 4.62. The summed E-state index contributed by atoms with van der Waals surface area (Å²) in [6, 6.07) is 0. The van der Waals surface area contributed by atoms with Crippen molar-refractivity contribution in [1.82, 2.24) is 0 Å². The smallest absolute Gasteiger partial charge is 0.302 e. The first-order chi connectivity index (χ1) is 4.70. The normalized spacial score (nSPS) is 12.7. The fourth-order valence-electron chi connectivity index (χ4n) is 0.724. The molecule has 0 rings (SSSR count). The summed E-state index contributed by atoms with van der Waals surface area (Å²) in [4.78, 5) is 10.4. The molecule has 0 bridgehead atoms. The Morgan fingerprint density at radius 2 is 2.30 bits per heavy atom. The van der Waals surface area contributed by atoms with Gasteiger partial charge in [0, 0.05) is 6.92 Å². The van der Waals surface area contributed by atoms with Crippen LogP contribution in [0, 0.1) is 0 Å². The molecular formula is C7H13ClO2. The zero-order chi connectivity index (χ0) is 7.98. The Morgan fingerprint density at radius 3 is 2.60 bits per heavy atom. The van der Waals surface area contributed by atoms with E-state index in [0.717, 1.165) is 12.8 Å². The van der Waals surface area contributed by atoms with Crippen LogP contribution in [0.1, 0.15) is 26.7 Å². The summed E-state index contributed by atoms with van der Waals surface area (Å²) in [7, 11) is 0. The van der Waals surface area contributed by atoms with Gasteiger partial charge in [-0.1, -0.05) is 13.3 Å². The van der Waals surface area contributed by atoms with Crippen LogP contribution in [0.3, 0.4) is 0 Å². The summed E-state index contributed by atoms with van der Waals surface area (Å²) in [6.07, 6.45) is 1.75. The maximum absolute atomic E-state index is 10.4. The van der Waals surface area contributed by atoms with Crippen molar-refractivity contribution in [1.29, 1.82) is 0 Å². The molecule has 1 atom stereocenters. The van der Waals surface area contributed by atoms with Crippen molar-refractivity contribution >= 4 is 17.6 Å². The predicted molar refractivity (Wildman–Crippen MR) is 41.2 cm³/mol. The van der Waals surface area contributed by atoms with Gasteiger partial charge in [0.15, 0.2) is 0 Å². The first-order valence-corrected chi connectivity index (χ1v) is 3.97. The summed E-state index contributed by atoms with van der Waals surface area (Å²) < 4.78 is 4.87. The lowest BCUT2D eigenvalue weighted by atomic mass is 10.2. The monoisotopic (exact) mass is 164 g/mol. The van der Waals surface area contributed by atoms with Crippen LogP contribution in [0.25, 0.3) is 0 Å². The highest BCUT2D eigenvalue weighted by atomic mass is 35.5. The van der Waals surface area contributed by atoms with E-state index >= 15 is 0 Å². The maximum atomic E-state index is 10.4. The van der Waals surface area contributed by atoms with Crippen LogP contribution in [-0.2, 0) is 9.53 Å². The van der Waals surface area contributed by atoms with Crippen molar-refractivity contribution in [2.75, 3.05) is 5.88 Å². The molecule has 0 heterocycles. The van der Waals surface area contributed by atoms with Gasteiger partial charge in [-0.15, -0.1) is 11.6 Å². The topological polar surface area (TPSA) is 26.3 Å². The Kier molecular flexibility index (Phi) is 5.40. The molecule has 60 valence electrons. The van der Waals surface area contributed by atoms with Gasteiger partial charge in [0.25, 0.3) is 0 Å². The molecule has 0 radical (unpaired) electrons. The number of rotatable bonds is 4. The molecule has 0 aliphatic heterocycles. The van der Waals surface area contributed by atoms with Gasteiger partial charge < -0.3 is 4.74 Å². The van der Waals surface area contributed by atoms with E-state index in [-0.39, 0.29) is 12.1 Å². The minimum absolute atomic E-state index is 0.0934. The van der Waals surface area contributed by atoms with Gasteiger partial charge in [-0.2, -0.15) is 0 Å². The molecule has 0 aromatic heterocycles. The Bertz CT molecular complexity index is 104. The Labute approximate surface area is 66.5 Å². The van der Waals surface area contributed by atoms with E-state index in [2.05, 4.69) is 0 Å². The molecule has 3 heteroatoms. The van der Waals surface area contributed by atoms with E-state index in [1.54, 1.807) is 0 Å². The number of esters is 1. The largest absolute Gasteiger partial charge is 0.461 e. The minimum atomic E-state index is -0.251. The van der Waals surface area contributed by atoms with Gasteiger partial charge in [0.2, 0.25) is 0 Å². The maximum Gasteiger partial charge on any atom is 0.302 e. The van der Waals surface area contributed by atoms with Crippen LogP contribution in [0.4, 0.5) is 0 Å². The quantitative estimate of drug-likeness (QED) is 0.469. The number of hydrogen-bond donors (Lipinski definition) is 0. The SMILES string of the molecule is CCCC(CCl)OC(C)=O. The lowest BCUT2D eigenvalue weighted by Gasteiger charge is -2.11. The highest BCUT2D eigenvalue weighted by Crippen LogP contribution is 2.03. The first kappa shape index (κ1) is 9.76. The van der Waals surface area contributed by atoms with E-state index in [1.807, 2.05) is 6.92 Å². The number of ether oxygens (including phenoxy) is 1. The van der Waals surface area contributed by atoms with Crippen molar-refractivity contribution in [3.05, 3.63) is 0 Å². The van der Waals surface area contributed by atoms with Crippen LogP contribution in [-0.4, -0.2) is 18.0 Å². The molecule has 2 nitrogen and oxygen atoms in total. The van der Waals surface area contributed by atoms with Gasteiger partial charge in [-0.05, 0) is 6.42 Å². The van der Waals surface area contributed by atoms with Gasteiger partial charge >= 0.3 is 5.97 Å². The standard InChI is InChI=1S/C7H13ClO2/c1-3-4-7(5-8)10-6(2)9/h7H,3-5H2,1-2H3. The van der Waals surface area contributed by atoms with Crippen LogP contribution in [0.2, 0.25) is 0 Å². The molecule has 0 saturated heterocycles. The Balaban J connectivity index is 3.49. The van der Waals surface area contributed by atoms with E-state index in [1.165, 1.54) is 6.92 Å². The third-order valence-corrected chi connectivity index (χ3v) is 1.46. The molecule has 0 aliphatic rings. The van der Waals surface area contributed by atoms with E-state index < -0.39 is 0 Å². The van der Waals surface area contributed by atoms with Gasteiger partial charge in [0.1, 0.15) is 6.10 Å². The molecule has 0 fully saturated rings. The molecule has 0 saturated carbocycles. The second kappa shape index (κ2) is 5.54. The fourth-order valence-corrected chi connectivity index (χ4v) is 0.942. The average Bonchev–Trinajstić information content (AvgIpc) is 1.86. The minimum Gasteiger partial charge on any atom is -0.461 e. The van der Waals surface area contributed by atoms with Crippen molar-refractivity contribution in [3.8, 4) is 0 Å². The lowest BCUT2D eigenvalue weighted by molar-refractivity contribution is -0.145. The summed E-state index contributed by atoms with van der Waals surface area (Å²) in [5.41, 5.74) is 0. The molecule has 0 N–H and O–H groups in total. The molecule has 0 spiro atoms. The molecule has 0 amide bonds. The van der Waals surface area contributed by atoms with Gasteiger partial charge in [-0.25, -0.2) is 0 Å². The summed E-state index contributed by atoms with van der Waals surface area (Å²) in [5.74, 6) is 0.145. The lowest BCUT2D eigenvalue weighted by Crippen LogP contribution is -2.17. The molecule has 10 heavy (non-hydrogen) atoms. The predicted octanol–water partition coefficient (Wildman–Crippen LogP) is 1.96. The second-order valence-corrected chi connectivity index (χ2v) is 2.48. The number of alkyl halides is 1. The number of carbonyl (C=O) groups excluding carboxylic acids is 1. The zero-order valence-corrected chi connectivity index (χ0v) is 7.15. The first-order valence-electron chi connectivity index (χ1n) is 3.43. The number of hydrogen-bond acceptors (Lipinski definition) is 2. The highest BCUT2D eigenvalue weighted by molar-refractivity contribution is 6.18. The summed E-state index contributed by atoms with van der Waals surface area (Å²) >= 11 is 5.51. The molecule has 1 unspecified atom stereocenters. The van der Waals surface area contributed by atoms with E-state index in [9.17, 15) is 4.79 Å². The van der Waals surface area contributed by atoms with Crippen molar-refractivity contribution in [3.63, 3.8) is 0 Å². The molecular weight excluding hydrogens is 152 g/mol. The van der Waals surface area contributed by atoms with Crippen molar-refractivity contribution < 1.29 is 9.53 Å².